The van der Waals surface area contributed by atoms with E-state index in [4.69, 9.17) is 10.8 Å². The van der Waals surface area contributed by atoms with Crippen molar-refractivity contribution in [3.05, 3.63) is 35.9 Å². The van der Waals surface area contributed by atoms with Gasteiger partial charge in [0.05, 0.1) is 12.6 Å². The predicted octanol–water partition coefficient (Wildman–Crippen LogP) is -0.986. The van der Waals surface area contributed by atoms with Crippen LogP contribution in [0.5, 0.6) is 0 Å². The van der Waals surface area contributed by atoms with E-state index in [1.54, 1.807) is 13.8 Å². The standard InChI is InChI=1S/C18H26N4O5/c1-11(2)16(18(27)21-10-15(24)25)22-14(23)9-20-17(26)13(19)8-12-6-4-3-5-7-12/h3-7,11,13,16H,8-10,19H2,1-2H3,(H,20,26)(H,21,27)(H,22,23)(H,24,25)/t13-,16-/m0/s1. The summed E-state index contributed by atoms with van der Waals surface area (Å²) in [5.74, 6) is -3.10. The molecule has 3 amide bonds. The zero-order valence-electron chi connectivity index (χ0n) is 15.4. The first-order valence-electron chi connectivity index (χ1n) is 8.56. The number of carboxylic acid groups (broad SMARTS) is 1. The number of carboxylic acids is 1. The Morgan fingerprint density at radius 2 is 1.59 bits per heavy atom. The fourth-order valence-corrected chi connectivity index (χ4v) is 2.29. The van der Waals surface area contributed by atoms with E-state index in [-0.39, 0.29) is 12.5 Å². The summed E-state index contributed by atoms with van der Waals surface area (Å²) in [4.78, 5) is 46.6. The van der Waals surface area contributed by atoms with Crippen molar-refractivity contribution in [2.45, 2.75) is 32.4 Å². The van der Waals surface area contributed by atoms with E-state index in [0.717, 1.165) is 5.56 Å². The molecule has 0 radical (unpaired) electrons. The Kier molecular flexibility index (Phi) is 8.94. The molecule has 0 saturated carbocycles. The highest BCUT2D eigenvalue weighted by Gasteiger charge is 2.25. The van der Waals surface area contributed by atoms with Gasteiger partial charge in [-0.3, -0.25) is 19.2 Å². The zero-order valence-corrected chi connectivity index (χ0v) is 15.4. The maximum atomic E-state index is 12.0. The predicted molar refractivity (Wildman–Crippen MR) is 98.5 cm³/mol. The van der Waals surface area contributed by atoms with Crippen LogP contribution in [0.25, 0.3) is 0 Å². The van der Waals surface area contributed by atoms with E-state index in [0.29, 0.717) is 6.42 Å². The number of carbonyl (C=O) groups excluding carboxylic acids is 3. The van der Waals surface area contributed by atoms with Crippen LogP contribution in [0.15, 0.2) is 30.3 Å². The van der Waals surface area contributed by atoms with Crippen LogP contribution in [-0.2, 0) is 25.6 Å². The third-order valence-electron chi connectivity index (χ3n) is 3.74. The smallest absolute Gasteiger partial charge is 0.322 e. The summed E-state index contributed by atoms with van der Waals surface area (Å²) in [5.41, 5.74) is 6.74. The van der Waals surface area contributed by atoms with E-state index in [1.165, 1.54) is 0 Å². The van der Waals surface area contributed by atoms with Crippen molar-refractivity contribution in [1.29, 1.82) is 0 Å². The molecule has 6 N–H and O–H groups in total. The number of amides is 3. The highest BCUT2D eigenvalue weighted by molar-refractivity contribution is 5.92. The van der Waals surface area contributed by atoms with Gasteiger partial charge in [-0.15, -0.1) is 0 Å². The molecule has 0 unspecified atom stereocenters. The Morgan fingerprint density at radius 1 is 1.00 bits per heavy atom. The molecule has 0 aliphatic heterocycles. The minimum Gasteiger partial charge on any atom is -0.480 e. The van der Waals surface area contributed by atoms with Crippen molar-refractivity contribution in [3.63, 3.8) is 0 Å². The van der Waals surface area contributed by atoms with Crippen molar-refractivity contribution in [2.75, 3.05) is 13.1 Å². The first-order valence-corrected chi connectivity index (χ1v) is 8.56. The molecule has 148 valence electrons. The average Bonchev–Trinajstić information content (AvgIpc) is 2.62. The van der Waals surface area contributed by atoms with Crippen molar-refractivity contribution < 1.29 is 24.3 Å². The quantitative estimate of drug-likeness (QED) is 0.353. The molecule has 0 saturated heterocycles. The molecular formula is C18H26N4O5. The topological polar surface area (TPSA) is 151 Å². The van der Waals surface area contributed by atoms with Crippen molar-refractivity contribution in [1.82, 2.24) is 16.0 Å². The second-order valence-electron chi connectivity index (χ2n) is 6.41. The highest BCUT2D eigenvalue weighted by Crippen LogP contribution is 2.03. The summed E-state index contributed by atoms with van der Waals surface area (Å²) in [7, 11) is 0. The van der Waals surface area contributed by atoms with Gasteiger partial charge in [0.25, 0.3) is 0 Å². The summed E-state index contributed by atoms with van der Waals surface area (Å²) in [5, 5.41) is 15.7. The Bertz CT molecular complexity index is 663. The number of aliphatic carboxylic acids is 1. The molecule has 0 bridgehead atoms. The highest BCUT2D eigenvalue weighted by atomic mass is 16.4. The van der Waals surface area contributed by atoms with Crippen molar-refractivity contribution in [3.8, 4) is 0 Å². The zero-order chi connectivity index (χ0) is 20.4. The lowest BCUT2D eigenvalue weighted by Gasteiger charge is -2.21. The third-order valence-corrected chi connectivity index (χ3v) is 3.74. The molecule has 2 atom stereocenters. The summed E-state index contributed by atoms with van der Waals surface area (Å²) in [6.45, 7) is 2.54. The van der Waals surface area contributed by atoms with Gasteiger partial charge in [0.15, 0.2) is 0 Å². The van der Waals surface area contributed by atoms with Gasteiger partial charge in [0.1, 0.15) is 12.6 Å². The number of benzene rings is 1. The number of hydrogen-bond acceptors (Lipinski definition) is 5. The lowest BCUT2D eigenvalue weighted by Crippen LogP contribution is -2.53. The molecule has 0 heterocycles. The van der Waals surface area contributed by atoms with E-state index >= 15 is 0 Å². The van der Waals surface area contributed by atoms with Gasteiger partial charge in [-0.25, -0.2) is 0 Å². The summed E-state index contributed by atoms with van der Waals surface area (Å²) >= 11 is 0. The van der Waals surface area contributed by atoms with Gasteiger partial charge in [-0.1, -0.05) is 44.2 Å². The van der Waals surface area contributed by atoms with Crippen LogP contribution < -0.4 is 21.7 Å². The van der Waals surface area contributed by atoms with Gasteiger partial charge >= 0.3 is 5.97 Å². The van der Waals surface area contributed by atoms with E-state index in [9.17, 15) is 19.2 Å². The van der Waals surface area contributed by atoms with Gasteiger partial charge < -0.3 is 26.8 Å². The molecule has 9 heteroatoms. The van der Waals surface area contributed by atoms with Crippen LogP contribution in [0.2, 0.25) is 0 Å². The van der Waals surface area contributed by atoms with Crippen molar-refractivity contribution >= 4 is 23.7 Å². The summed E-state index contributed by atoms with van der Waals surface area (Å²) in [6.07, 6.45) is 0.334. The monoisotopic (exact) mass is 378 g/mol. The minimum absolute atomic E-state index is 0.265. The van der Waals surface area contributed by atoms with Gasteiger partial charge in [0.2, 0.25) is 17.7 Å². The van der Waals surface area contributed by atoms with E-state index in [1.807, 2.05) is 30.3 Å². The second kappa shape index (κ2) is 10.9. The minimum atomic E-state index is -1.18. The maximum absolute atomic E-state index is 12.0. The fourth-order valence-electron chi connectivity index (χ4n) is 2.29. The molecule has 27 heavy (non-hydrogen) atoms. The molecule has 0 aliphatic rings. The van der Waals surface area contributed by atoms with Crippen LogP contribution >= 0.6 is 0 Å². The summed E-state index contributed by atoms with van der Waals surface area (Å²) in [6, 6.07) is 7.53. The van der Waals surface area contributed by atoms with Crippen LogP contribution in [0.3, 0.4) is 0 Å². The van der Waals surface area contributed by atoms with E-state index < -0.39 is 42.3 Å². The van der Waals surface area contributed by atoms with Crippen LogP contribution in [0, 0.1) is 5.92 Å². The fraction of sp³-hybridized carbons (Fsp3) is 0.444. The van der Waals surface area contributed by atoms with Gasteiger partial charge in [-0.05, 0) is 17.9 Å². The third kappa shape index (κ3) is 8.32. The van der Waals surface area contributed by atoms with Crippen LogP contribution in [0.4, 0.5) is 0 Å². The molecule has 0 aromatic heterocycles. The molecule has 0 fully saturated rings. The first-order chi connectivity index (χ1) is 12.7. The largest absolute Gasteiger partial charge is 0.480 e. The lowest BCUT2D eigenvalue weighted by molar-refractivity contribution is -0.138. The number of nitrogens with two attached hydrogens (primary N) is 1. The molecule has 1 rings (SSSR count). The Morgan fingerprint density at radius 3 is 2.15 bits per heavy atom. The Labute approximate surface area is 157 Å². The van der Waals surface area contributed by atoms with E-state index in [2.05, 4.69) is 16.0 Å². The molecule has 0 aliphatic carbocycles. The number of rotatable bonds is 10. The van der Waals surface area contributed by atoms with Crippen LogP contribution in [-0.4, -0.2) is 54.0 Å². The first kappa shape index (κ1) is 22.1. The summed E-state index contributed by atoms with van der Waals surface area (Å²) < 4.78 is 0. The normalized spacial score (nSPS) is 12.7. The average molecular weight is 378 g/mol. The number of carbonyl (C=O) groups is 4. The van der Waals surface area contributed by atoms with Gasteiger partial charge in [0, 0.05) is 0 Å². The van der Waals surface area contributed by atoms with Crippen molar-refractivity contribution in [2.24, 2.45) is 11.7 Å². The number of nitrogens with one attached hydrogen (secondary N) is 3. The SMILES string of the molecule is CC(C)[C@H](NC(=O)CNC(=O)[C@@H](N)Cc1ccccc1)C(=O)NCC(=O)O. The second-order valence-corrected chi connectivity index (χ2v) is 6.41. The Hall–Kier alpha value is -2.94. The Balaban J connectivity index is 2.47. The van der Waals surface area contributed by atoms with Crippen LogP contribution in [0.1, 0.15) is 19.4 Å². The molecule has 0 spiro atoms. The van der Waals surface area contributed by atoms with Gasteiger partial charge in [-0.2, -0.15) is 0 Å². The molecule has 1 aromatic rings. The molecule has 9 nitrogen and oxygen atoms in total. The maximum Gasteiger partial charge on any atom is 0.322 e. The molecular weight excluding hydrogens is 352 g/mol. The lowest BCUT2D eigenvalue weighted by atomic mass is 10.0. The number of hydrogen-bond donors (Lipinski definition) is 5. The molecule has 1 aromatic carbocycles.